The van der Waals surface area contributed by atoms with Gasteiger partial charge in [0.1, 0.15) is 0 Å². The van der Waals surface area contributed by atoms with E-state index in [2.05, 4.69) is 38.4 Å². The summed E-state index contributed by atoms with van der Waals surface area (Å²) in [5.41, 5.74) is 6.59. The number of ether oxygens (including phenoxy) is 1. The summed E-state index contributed by atoms with van der Waals surface area (Å²) in [6, 6.07) is 6.47. The van der Waals surface area contributed by atoms with E-state index in [1.54, 1.807) is 15.6 Å². The van der Waals surface area contributed by atoms with E-state index in [9.17, 15) is 8.42 Å². The molecule has 0 saturated carbocycles. The predicted molar refractivity (Wildman–Crippen MR) is 139 cm³/mol. The summed E-state index contributed by atoms with van der Waals surface area (Å²) in [4.78, 5) is 19.0. The van der Waals surface area contributed by atoms with Gasteiger partial charge in [-0.3, -0.25) is 9.89 Å². The average molecular weight is 513 g/mol. The van der Waals surface area contributed by atoms with Crippen molar-refractivity contribution in [3.05, 3.63) is 40.3 Å². The molecular weight excluding hydrogens is 484 g/mol. The molecular formula is C24H28N6O3S2. The lowest BCUT2D eigenvalue weighted by molar-refractivity contribution is 0.122. The Morgan fingerprint density at radius 1 is 1.06 bits per heavy atom. The fraction of sp³-hybridized carbons (Fsp3) is 0.458. The van der Waals surface area contributed by atoms with Crippen molar-refractivity contribution in [3.63, 3.8) is 0 Å². The average Bonchev–Trinajstić information content (AvgIpc) is 3.50. The van der Waals surface area contributed by atoms with E-state index >= 15 is 0 Å². The van der Waals surface area contributed by atoms with Gasteiger partial charge in [-0.15, -0.1) is 11.3 Å². The maximum atomic E-state index is 11.9. The fourth-order valence-electron chi connectivity index (χ4n) is 4.88. The molecule has 0 radical (unpaired) electrons. The number of morpholine rings is 1. The predicted octanol–water partition coefficient (Wildman–Crippen LogP) is 2.20. The Bertz CT molecular complexity index is 1390. The quantitative estimate of drug-likeness (QED) is 0.518. The van der Waals surface area contributed by atoms with Gasteiger partial charge in [0.05, 0.1) is 41.9 Å². The Morgan fingerprint density at radius 2 is 1.86 bits per heavy atom. The SMILES string of the molecule is CS(=O)(=O)N1CCN(Cc2csc3c(-c4ccc5c(c4)C=NC5)nc(N4CCOCC4)nc23)CC1. The molecule has 0 bridgehead atoms. The number of hydrogen-bond donors (Lipinski definition) is 0. The number of fused-ring (bicyclic) bond motifs is 2. The number of thiophene rings is 1. The minimum Gasteiger partial charge on any atom is -0.378 e. The molecule has 3 aromatic rings. The normalized spacial score (nSPS) is 19.5. The molecule has 0 N–H and O–H groups in total. The van der Waals surface area contributed by atoms with Gasteiger partial charge in [-0.25, -0.2) is 18.4 Å². The van der Waals surface area contributed by atoms with Crippen molar-refractivity contribution in [2.24, 2.45) is 4.99 Å². The molecule has 0 unspecified atom stereocenters. The number of benzene rings is 1. The number of piperazine rings is 1. The van der Waals surface area contributed by atoms with Crippen molar-refractivity contribution < 1.29 is 13.2 Å². The van der Waals surface area contributed by atoms with Gasteiger partial charge in [0.15, 0.2) is 0 Å². The molecule has 2 saturated heterocycles. The van der Waals surface area contributed by atoms with Crippen molar-refractivity contribution in [3.8, 4) is 11.3 Å². The molecule has 11 heteroatoms. The summed E-state index contributed by atoms with van der Waals surface area (Å²) >= 11 is 1.68. The number of aromatic nitrogens is 2. The molecule has 0 aliphatic carbocycles. The summed E-state index contributed by atoms with van der Waals surface area (Å²) in [5, 5.41) is 2.18. The smallest absolute Gasteiger partial charge is 0.226 e. The zero-order valence-corrected chi connectivity index (χ0v) is 21.3. The highest BCUT2D eigenvalue weighted by Crippen LogP contribution is 2.36. The number of anilines is 1. The minimum atomic E-state index is -3.14. The molecule has 9 nitrogen and oxygen atoms in total. The third kappa shape index (κ3) is 4.58. The Labute approximate surface area is 209 Å². The van der Waals surface area contributed by atoms with E-state index in [1.165, 1.54) is 17.4 Å². The Hall–Kier alpha value is -2.44. The van der Waals surface area contributed by atoms with Gasteiger partial charge in [-0.2, -0.15) is 4.31 Å². The van der Waals surface area contributed by atoms with E-state index in [0.717, 1.165) is 59.2 Å². The second-order valence-electron chi connectivity index (χ2n) is 9.23. The van der Waals surface area contributed by atoms with Crippen LogP contribution in [0.3, 0.4) is 0 Å². The van der Waals surface area contributed by atoms with Gasteiger partial charge in [0.2, 0.25) is 16.0 Å². The maximum absolute atomic E-state index is 11.9. The number of sulfonamides is 1. The van der Waals surface area contributed by atoms with Gasteiger partial charge in [-0.1, -0.05) is 12.1 Å². The third-order valence-electron chi connectivity index (χ3n) is 6.88. The van der Waals surface area contributed by atoms with Crippen molar-refractivity contribution in [2.75, 3.05) is 63.6 Å². The highest BCUT2D eigenvalue weighted by molar-refractivity contribution is 7.88. The molecule has 0 amide bonds. The lowest BCUT2D eigenvalue weighted by Gasteiger charge is -2.33. The third-order valence-corrected chi connectivity index (χ3v) is 9.20. The lowest BCUT2D eigenvalue weighted by atomic mass is 10.0. The molecule has 0 atom stereocenters. The summed E-state index contributed by atoms with van der Waals surface area (Å²) in [6.07, 6.45) is 3.22. The molecule has 35 heavy (non-hydrogen) atoms. The zero-order valence-electron chi connectivity index (χ0n) is 19.7. The van der Waals surface area contributed by atoms with Crippen LogP contribution in [0, 0.1) is 0 Å². The van der Waals surface area contributed by atoms with Crippen LogP contribution in [0.25, 0.3) is 21.5 Å². The first-order chi connectivity index (χ1) is 17.0. The Kier molecular flexibility index (Phi) is 6.05. The van der Waals surface area contributed by atoms with Crippen LogP contribution in [-0.4, -0.2) is 92.5 Å². The number of hydrogen-bond acceptors (Lipinski definition) is 9. The van der Waals surface area contributed by atoms with Gasteiger partial charge in [0, 0.05) is 63.2 Å². The molecule has 0 spiro atoms. The molecule has 2 aromatic heterocycles. The van der Waals surface area contributed by atoms with Gasteiger partial charge >= 0.3 is 0 Å². The van der Waals surface area contributed by atoms with E-state index < -0.39 is 10.0 Å². The molecule has 2 fully saturated rings. The van der Waals surface area contributed by atoms with E-state index in [0.29, 0.717) is 39.4 Å². The topological polar surface area (TPSA) is 91.2 Å². The zero-order chi connectivity index (χ0) is 24.0. The van der Waals surface area contributed by atoms with Crippen LogP contribution in [0.5, 0.6) is 0 Å². The van der Waals surface area contributed by atoms with E-state index in [1.807, 2.05) is 6.21 Å². The van der Waals surface area contributed by atoms with Crippen molar-refractivity contribution in [1.29, 1.82) is 0 Å². The van der Waals surface area contributed by atoms with Crippen molar-refractivity contribution >= 4 is 43.7 Å². The summed E-state index contributed by atoms with van der Waals surface area (Å²) in [7, 11) is -3.14. The first-order valence-electron chi connectivity index (χ1n) is 11.9. The molecule has 3 aliphatic rings. The van der Waals surface area contributed by atoms with Crippen LogP contribution in [0.1, 0.15) is 16.7 Å². The van der Waals surface area contributed by atoms with Crippen LogP contribution in [0.15, 0.2) is 28.6 Å². The summed E-state index contributed by atoms with van der Waals surface area (Å²) in [6.45, 7) is 6.85. The van der Waals surface area contributed by atoms with Crippen LogP contribution < -0.4 is 4.90 Å². The van der Waals surface area contributed by atoms with Crippen LogP contribution in [0.2, 0.25) is 0 Å². The van der Waals surface area contributed by atoms with Gasteiger partial charge in [-0.05, 0) is 22.6 Å². The molecule has 1 aromatic carbocycles. The summed E-state index contributed by atoms with van der Waals surface area (Å²) < 4.78 is 32.0. The number of rotatable bonds is 5. The summed E-state index contributed by atoms with van der Waals surface area (Å²) in [5.74, 6) is 0.742. The highest BCUT2D eigenvalue weighted by atomic mass is 32.2. The number of nitrogens with zero attached hydrogens (tertiary/aromatic N) is 6. The molecule has 3 aliphatic heterocycles. The maximum Gasteiger partial charge on any atom is 0.226 e. The highest BCUT2D eigenvalue weighted by Gasteiger charge is 2.25. The van der Waals surface area contributed by atoms with E-state index in [4.69, 9.17) is 14.7 Å². The second-order valence-corrected chi connectivity index (χ2v) is 12.1. The second kappa shape index (κ2) is 9.21. The molecule has 184 valence electrons. The Morgan fingerprint density at radius 3 is 2.63 bits per heavy atom. The fourth-order valence-corrected chi connectivity index (χ4v) is 6.71. The van der Waals surface area contributed by atoms with Gasteiger partial charge in [0.25, 0.3) is 0 Å². The van der Waals surface area contributed by atoms with Crippen LogP contribution in [0.4, 0.5) is 5.95 Å². The van der Waals surface area contributed by atoms with Crippen molar-refractivity contribution in [2.45, 2.75) is 13.1 Å². The molecule has 6 rings (SSSR count). The standard InChI is InChI=1S/C24H28N6O3S2/c1-35(31,32)30-6-4-28(5-7-30)15-20-16-34-23-21(17-2-3-18-13-25-14-19(18)12-17)26-24(27-22(20)23)29-8-10-33-11-9-29/h2-3,12,14,16H,4-11,13,15H2,1H3. The first kappa shape index (κ1) is 23.0. The van der Waals surface area contributed by atoms with Crippen LogP contribution in [-0.2, 0) is 27.8 Å². The minimum absolute atomic E-state index is 0.525. The Balaban J connectivity index is 1.36. The molecule has 5 heterocycles. The van der Waals surface area contributed by atoms with Crippen molar-refractivity contribution in [1.82, 2.24) is 19.2 Å². The lowest BCUT2D eigenvalue weighted by Crippen LogP contribution is -2.47. The van der Waals surface area contributed by atoms with E-state index in [-0.39, 0.29) is 0 Å². The largest absolute Gasteiger partial charge is 0.378 e. The first-order valence-corrected chi connectivity index (χ1v) is 14.6. The monoisotopic (exact) mass is 512 g/mol. The number of aliphatic imine (C=N–C) groups is 1. The van der Waals surface area contributed by atoms with Gasteiger partial charge < -0.3 is 9.64 Å². The van der Waals surface area contributed by atoms with Crippen LogP contribution >= 0.6 is 11.3 Å².